The Kier molecular flexibility index (Phi) is 9.24. The molecular weight excluding hydrogens is 206 g/mol. The highest BCUT2D eigenvalue weighted by Gasteiger charge is 2.08. The van der Waals surface area contributed by atoms with E-state index >= 15 is 0 Å². The fourth-order valence-corrected chi connectivity index (χ4v) is 1.67. The van der Waals surface area contributed by atoms with Crippen LogP contribution in [0, 0.1) is 0 Å². The summed E-state index contributed by atoms with van der Waals surface area (Å²) in [5.74, 6) is -0.707. The van der Waals surface area contributed by atoms with Gasteiger partial charge in [-0.3, -0.25) is 4.79 Å². The van der Waals surface area contributed by atoms with Crippen LogP contribution in [0.5, 0.6) is 0 Å². The Balaban J connectivity index is 3.55. The number of carboxylic acid groups (broad SMARTS) is 1. The third-order valence-corrected chi connectivity index (χ3v) is 2.67. The second-order valence-corrected chi connectivity index (χ2v) is 4.41. The molecule has 0 aromatic carbocycles. The number of aliphatic hydroxyl groups is 1. The van der Waals surface area contributed by atoms with E-state index in [1.807, 2.05) is 0 Å². The summed E-state index contributed by atoms with van der Waals surface area (Å²) in [7, 11) is 0. The van der Waals surface area contributed by atoms with Crippen molar-refractivity contribution in [1.82, 2.24) is 4.90 Å². The van der Waals surface area contributed by atoms with Crippen LogP contribution in [0.25, 0.3) is 0 Å². The molecule has 0 aromatic heterocycles. The predicted molar refractivity (Wildman–Crippen MR) is 64.5 cm³/mol. The summed E-state index contributed by atoms with van der Waals surface area (Å²) >= 11 is 0. The molecule has 0 bridgehead atoms. The molecule has 0 saturated heterocycles. The van der Waals surface area contributed by atoms with E-state index in [0.29, 0.717) is 6.04 Å². The summed E-state index contributed by atoms with van der Waals surface area (Å²) in [6.45, 7) is 6.45. The first-order chi connectivity index (χ1) is 7.57. The standard InChI is InChI=1S/C12H25NO3/c1-11(2)13(9-6-10-14)8-5-3-4-7-12(15)16/h11,14H,3-10H2,1-2H3,(H,15,16). The molecule has 2 N–H and O–H groups in total. The van der Waals surface area contributed by atoms with Crippen LogP contribution in [0.15, 0.2) is 0 Å². The zero-order valence-corrected chi connectivity index (χ0v) is 10.5. The number of hydrogen-bond donors (Lipinski definition) is 2. The molecule has 0 atom stereocenters. The Morgan fingerprint density at radius 2 is 1.75 bits per heavy atom. The van der Waals surface area contributed by atoms with Crippen LogP contribution >= 0.6 is 0 Å². The summed E-state index contributed by atoms with van der Waals surface area (Å²) in [5.41, 5.74) is 0. The van der Waals surface area contributed by atoms with Crippen molar-refractivity contribution in [2.75, 3.05) is 19.7 Å². The lowest BCUT2D eigenvalue weighted by Gasteiger charge is -2.26. The molecule has 0 heterocycles. The monoisotopic (exact) mass is 231 g/mol. The van der Waals surface area contributed by atoms with E-state index in [9.17, 15) is 4.79 Å². The molecule has 0 saturated carbocycles. The number of carbonyl (C=O) groups is 1. The van der Waals surface area contributed by atoms with Crippen molar-refractivity contribution in [3.05, 3.63) is 0 Å². The summed E-state index contributed by atoms with van der Waals surface area (Å²) in [4.78, 5) is 12.6. The first kappa shape index (κ1) is 15.4. The van der Waals surface area contributed by atoms with Gasteiger partial charge in [-0.25, -0.2) is 0 Å². The van der Waals surface area contributed by atoms with Gasteiger partial charge in [-0.1, -0.05) is 6.42 Å². The maximum Gasteiger partial charge on any atom is 0.303 e. The van der Waals surface area contributed by atoms with Gasteiger partial charge < -0.3 is 15.1 Å². The van der Waals surface area contributed by atoms with E-state index in [0.717, 1.165) is 38.8 Å². The lowest BCUT2D eigenvalue weighted by molar-refractivity contribution is -0.137. The Morgan fingerprint density at radius 3 is 2.25 bits per heavy atom. The zero-order valence-electron chi connectivity index (χ0n) is 10.5. The van der Waals surface area contributed by atoms with Crippen molar-refractivity contribution in [1.29, 1.82) is 0 Å². The minimum Gasteiger partial charge on any atom is -0.481 e. The van der Waals surface area contributed by atoms with Crippen LogP contribution in [-0.4, -0.2) is 46.8 Å². The molecule has 0 spiro atoms. The highest BCUT2D eigenvalue weighted by molar-refractivity contribution is 5.66. The SMILES string of the molecule is CC(C)N(CCCO)CCCCCC(=O)O. The Morgan fingerprint density at radius 1 is 1.12 bits per heavy atom. The molecule has 0 amide bonds. The van der Waals surface area contributed by atoms with Gasteiger partial charge in [-0.05, 0) is 39.7 Å². The number of aliphatic carboxylic acids is 1. The molecule has 0 radical (unpaired) electrons. The first-order valence-corrected chi connectivity index (χ1v) is 6.14. The molecule has 0 aliphatic rings. The van der Waals surface area contributed by atoms with Gasteiger partial charge in [0.25, 0.3) is 0 Å². The van der Waals surface area contributed by atoms with Crippen molar-refractivity contribution < 1.29 is 15.0 Å². The van der Waals surface area contributed by atoms with Crippen LogP contribution < -0.4 is 0 Å². The van der Waals surface area contributed by atoms with Crippen LogP contribution in [0.3, 0.4) is 0 Å². The molecule has 4 heteroatoms. The maximum absolute atomic E-state index is 10.3. The first-order valence-electron chi connectivity index (χ1n) is 6.14. The number of nitrogens with zero attached hydrogens (tertiary/aromatic N) is 1. The average Bonchev–Trinajstić information content (AvgIpc) is 2.21. The third-order valence-electron chi connectivity index (χ3n) is 2.67. The topological polar surface area (TPSA) is 60.8 Å². The second kappa shape index (κ2) is 9.60. The number of unbranched alkanes of at least 4 members (excludes halogenated alkanes) is 2. The van der Waals surface area contributed by atoms with Crippen LogP contribution in [0.2, 0.25) is 0 Å². The third kappa shape index (κ3) is 8.68. The van der Waals surface area contributed by atoms with Gasteiger partial charge in [0.05, 0.1) is 0 Å². The van der Waals surface area contributed by atoms with Gasteiger partial charge in [0.1, 0.15) is 0 Å². The maximum atomic E-state index is 10.3. The number of hydrogen-bond acceptors (Lipinski definition) is 3. The fraction of sp³-hybridized carbons (Fsp3) is 0.917. The molecule has 16 heavy (non-hydrogen) atoms. The fourth-order valence-electron chi connectivity index (χ4n) is 1.67. The van der Waals surface area contributed by atoms with Crippen LogP contribution in [0.1, 0.15) is 46.0 Å². The Labute approximate surface area is 98.3 Å². The smallest absolute Gasteiger partial charge is 0.303 e. The summed E-state index contributed by atoms with van der Waals surface area (Å²) in [6, 6.07) is 0.492. The number of carboxylic acids is 1. The van der Waals surface area contributed by atoms with Gasteiger partial charge in [0.15, 0.2) is 0 Å². The minimum atomic E-state index is -0.707. The lowest BCUT2D eigenvalue weighted by atomic mass is 10.1. The molecule has 4 nitrogen and oxygen atoms in total. The molecule has 0 aromatic rings. The van der Waals surface area contributed by atoms with E-state index in [-0.39, 0.29) is 13.0 Å². The molecule has 0 fully saturated rings. The number of aliphatic hydroxyl groups excluding tert-OH is 1. The van der Waals surface area contributed by atoms with Crippen molar-refractivity contribution >= 4 is 5.97 Å². The van der Waals surface area contributed by atoms with Crippen molar-refractivity contribution in [3.63, 3.8) is 0 Å². The summed E-state index contributed by atoms with van der Waals surface area (Å²) in [6.07, 6.45) is 3.86. The van der Waals surface area contributed by atoms with Crippen molar-refractivity contribution in [3.8, 4) is 0 Å². The van der Waals surface area contributed by atoms with Crippen molar-refractivity contribution in [2.24, 2.45) is 0 Å². The van der Waals surface area contributed by atoms with Gasteiger partial charge >= 0.3 is 5.97 Å². The highest BCUT2D eigenvalue weighted by Crippen LogP contribution is 2.05. The molecule has 0 aliphatic carbocycles. The van der Waals surface area contributed by atoms with Gasteiger partial charge in [0, 0.05) is 25.6 Å². The van der Waals surface area contributed by atoms with Gasteiger partial charge in [-0.15, -0.1) is 0 Å². The minimum absolute atomic E-state index is 0.238. The van der Waals surface area contributed by atoms with Gasteiger partial charge in [-0.2, -0.15) is 0 Å². The van der Waals surface area contributed by atoms with E-state index in [2.05, 4.69) is 18.7 Å². The largest absolute Gasteiger partial charge is 0.481 e. The summed E-state index contributed by atoms with van der Waals surface area (Å²) < 4.78 is 0. The molecule has 0 unspecified atom stereocenters. The zero-order chi connectivity index (χ0) is 12.4. The van der Waals surface area contributed by atoms with Gasteiger partial charge in [0.2, 0.25) is 0 Å². The molecule has 0 rings (SSSR count). The van der Waals surface area contributed by atoms with Crippen LogP contribution in [-0.2, 0) is 4.79 Å². The second-order valence-electron chi connectivity index (χ2n) is 4.41. The van der Waals surface area contributed by atoms with E-state index in [1.165, 1.54) is 0 Å². The highest BCUT2D eigenvalue weighted by atomic mass is 16.4. The van der Waals surface area contributed by atoms with Crippen LogP contribution in [0.4, 0.5) is 0 Å². The molecule has 96 valence electrons. The lowest BCUT2D eigenvalue weighted by Crippen LogP contribution is -2.33. The predicted octanol–water partition coefficient (Wildman–Crippen LogP) is 1.72. The number of rotatable bonds is 10. The molecular formula is C12H25NO3. The van der Waals surface area contributed by atoms with E-state index in [4.69, 9.17) is 10.2 Å². The summed E-state index contributed by atoms with van der Waals surface area (Å²) in [5, 5.41) is 17.3. The Bertz CT molecular complexity index is 183. The Hall–Kier alpha value is -0.610. The van der Waals surface area contributed by atoms with Crippen molar-refractivity contribution in [2.45, 2.75) is 52.0 Å². The normalized spacial score (nSPS) is 11.3. The molecule has 0 aliphatic heterocycles. The average molecular weight is 231 g/mol. The van der Waals surface area contributed by atoms with E-state index in [1.54, 1.807) is 0 Å². The van der Waals surface area contributed by atoms with E-state index < -0.39 is 5.97 Å². The quantitative estimate of drug-likeness (QED) is 0.562.